The number of ether oxygens (including phenoxy) is 1. The van der Waals surface area contributed by atoms with Gasteiger partial charge in [0, 0.05) is 13.0 Å². The van der Waals surface area contributed by atoms with Crippen molar-refractivity contribution in [2.75, 3.05) is 12.0 Å². The van der Waals surface area contributed by atoms with Crippen molar-refractivity contribution in [3.63, 3.8) is 0 Å². The van der Waals surface area contributed by atoms with Crippen LogP contribution in [0.4, 0.5) is 16.2 Å². The lowest BCUT2D eigenvalue weighted by atomic mass is 10.3. The number of carbonyl (C=O) groups is 2. The molecule has 0 bridgehead atoms. The molecule has 0 aliphatic heterocycles. The Morgan fingerprint density at radius 3 is 2.56 bits per heavy atom. The highest BCUT2D eigenvalue weighted by molar-refractivity contribution is 6.11. The lowest BCUT2D eigenvalue weighted by Gasteiger charge is -2.16. The second-order valence-corrected chi connectivity index (χ2v) is 3.12. The Bertz CT molecular complexity index is 501. The molecule has 0 saturated carbocycles. The summed E-state index contributed by atoms with van der Waals surface area (Å²) in [4.78, 5) is 35.9. The summed E-state index contributed by atoms with van der Waals surface area (Å²) in [5, 5.41) is 19.5. The molecule has 0 radical (unpaired) electrons. The van der Waals surface area contributed by atoms with Crippen molar-refractivity contribution in [2.45, 2.75) is 6.92 Å². The maximum atomic E-state index is 11.2. The van der Waals surface area contributed by atoms with Crippen molar-refractivity contribution >= 4 is 23.4 Å². The van der Waals surface area contributed by atoms with E-state index >= 15 is 0 Å². The number of carbonyl (C=O) groups excluding carboxylic acids is 1. The van der Waals surface area contributed by atoms with Crippen LogP contribution in [0, 0.1) is 10.1 Å². The zero-order valence-corrected chi connectivity index (χ0v) is 9.48. The second kappa shape index (κ2) is 5.08. The molecule has 0 aliphatic rings. The maximum Gasteiger partial charge on any atom is 0.418 e. The Balaban J connectivity index is 3.42. The number of pyridine rings is 1. The Morgan fingerprint density at radius 2 is 2.17 bits per heavy atom. The van der Waals surface area contributed by atoms with E-state index in [1.807, 2.05) is 0 Å². The molecule has 9 heteroatoms. The number of anilines is 1. The fourth-order valence-corrected chi connectivity index (χ4v) is 1.25. The normalized spacial score (nSPS) is 9.67. The standard InChI is InChI=1S/C9H9N3O6/c1-5(13)11(9(14)15)7-3-6(12(16)17)4-10-8(7)18-2/h3-4H,1-2H3,(H,14,15). The predicted molar refractivity (Wildman–Crippen MR) is 58.6 cm³/mol. The lowest BCUT2D eigenvalue weighted by Crippen LogP contribution is -2.34. The van der Waals surface area contributed by atoms with Gasteiger partial charge in [-0.15, -0.1) is 0 Å². The van der Waals surface area contributed by atoms with Crippen LogP contribution in [0.3, 0.4) is 0 Å². The van der Waals surface area contributed by atoms with E-state index in [0.29, 0.717) is 4.90 Å². The zero-order chi connectivity index (χ0) is 13.9. The number of methoxy groups -OCH3 is 1. The average Bonchev–Trinajstić information content (AvgIpc) is 2.27. The van der Waals surface area contributed by atoms with Crippen molar-refractivity contribution in [3.8, 4) is 5.88 Å². The molecule has 18 heavy (non-hydrogen) atoms. The Kier molecular flexibility index (Phi) is 3.77. The Hall–Kier alpha value is -2.71. The molecule has 1 aromatic heterocycles. The highest BCUT2D eigenvalue weighted by Gasteiger charge is 2.26. The van der Waals surface area contributed by atoms with E-state index in [9.17, 15) is 19.7 Å². The van der Waals surface area contributed by atoms with Gasteiger partial charge in [-0.2, -0.15) is 0 Å². The third-order valence-electron chi connectivity index (χ3n) is 1.97. The molecular formula is C9H9N3O6. The first kappa shape index (κ1) is 13.4. The van der Waals surface area contributed by atoms with Gasteiger partial charge in [0.05, 0.1) is 12.0 Å². The second-order valence-electron chi connectivity index (χ2n) is 3.12. The summed E-state index contributed by atoms with van der Waals surface area (Å²) in [6.45, 7) is 1.01. The molecule has 9 nitrogen and oxygen atoms in total. The van der Waals surface area contributed by atoms with Gasteiger partial charge in [0.25, 0.3) is 5.69 Å². The fourth-order valence-electron chi connectivity index (χ4n) is 1.25. The molecule has 0 aliphatic carbocycles. The number of nitrogens with zero attached hydrogens (tertiary/aromatic N) is 3. The summed E-state index contributed by atoms with van der Waals surface area (Å²) in [6.07, 6.45) is -0.675. The average molecular weight is 255 g/mol. The number of hydrogen-bond acceptors (Lipinski definition) is 6. The highest BCUT2D eigenvalue weighted by Crippen LogP contribution is 2.29. The van der Waals surface area contributed by atoms with Gasteiger partial charge in [0.1, 0.15) is 11.9 Å². The van der Waals surface area contributed by atoms with Gasteiger partial charge in [0.15, 0.2) is 0 Å². The molecule has 0 atom stereocenters. The van der Waals surface area contributed by atoms with Crippen LogP contribution in [-0.4, -0.2) is 34.1 Å². The van der Waals surface area contributed by atoms with Crippen molar-refractivity contribution < 1.29 is 24.4 Å². The van der Waals surface area contributed by atoms with Crippen molar-refractivity contribution in [1.82, 2.24) is 4.98 Å². The van der Waals surface area contributed by atoms with E-state index in [2.05, 4.69) is 4.98 Å². The van der Waals surface area contributed by atoms with E-state index in [1.165, 1.54) is 7.11 Å². The summed E-state index contributed by atoms with van der Waals surface area (Å²) >= 11 is 0. The number of carboxylic acid groups (broad SMARTS) is 1. The number of rotatable bonds is 3. The summed E-state index contributed by atoms with van der Waals surface area (Å²) in [5.41, 5.74) is -0.745. The van der Waals surface area contributed by atoms with Crippen molar-refractivity contribution in [2.24, 2.45) is 0 Å². The van der Waals surface area contributed by atoms with Gasteiger partial charge in [-0.05, 0) is 0 Å². The largest absolute Gasteiger partial charge is 0.479 e. The van der Waals surface area contributed by atoms with E-state index in [4.69, 9.17) is 9.84 Å². The van der Waals surface area contributed by atoms with E-state index in [-0.39, 0.29) is 11.6 Å². The van der Waals surface area contributed by atoms with Gasteiger partial charge < -0.3 is 9.84 Å². The van der Waals surface area contributed by atoms with Crippen LogP contribution in [0.15, 0.2) is 12.3 Å². The maximum absolute atomic E-state index is 11.2. The molecule has 1 N–H and O–H groups in total. The summed E-state index contributed by atoms with van der Waals surface area (Å²) in [6, 6.07) is 0.904. The number of nitro groups is 1. The fraction of sp³-hybridized carbons (Fsp3) is 0.222. The van der Waals surface area contributed by atoms with Crippen LogP contribution in [-0.2, 0) is 4.79 Å². The first-order valence-electron chi connectivity index (χ1n) is 4.60. The summed E-state index contributed by atoms with van der Waals surface area (Å²) in [5.74, 6) is -1.03. The molecule has 0 saturated heterocycles. The lowest BCUT2D eigenvalue weighted by molar-refractivity contribution is -0.385. The minimum absolute atomic E-state index is 0.196. The number of amides is 2. The molecule has 0 unspecified atom stereocenters. The van der Waals surface area contributed by atoms with Crippen LogP contribution < -0.4 is 9.64 Å². The Labute approximate surface area is 101 Å². The summed E-state index contributed by atoms with van der Waals surface area (Å²) < 4.78 is 4.77. The third kappa shape index (κ3) is 2.51. The highest BCUT2D eigenvalue weighted by atomic mass is 16.6. The van der Waals surface area contributed by atoms with Gasteiger partial charge in [-0.3, -0.25) is 14.9 Å². The molecular weight excluding hydrogens is 246 g/mol. The smallest absolute Gasteiger partial charge is 0.418 e. The van der Waals surface area contributed by atoms with Crippen LogP contribution in [0.25, 0.3) is 0 Å². The van der Waals surface area contributed by atoms with Crippen LogP contribution in [0.2, 0.25) is 0 Å². The SMILES string of the molecule is COc1ncc([N+](=O)[O-])cc1N(C(C)=O)C(=O)O. The van der Waals surface area contributed by atoms with Gasteiger partial charge in [-0.1, -0.05) is 0 Å². The van der Waals surface area contributed by atoms with Crippen LogP contribution in [0.5, 0.6) is 5.88 Å². The van der Waals surface area contributed by atoms with E-state index in [1.54, 1.807) is 0 Å². The van der Waals surface area contributed by atoms with E-state index < -0.39 is 22.6 Å². The quantitative estimate of drug-likeness (QED) is 0.631. The third-order valence-corrected chi connectivity index (χ3v) is 1.97. The summed E-state index contributed by atoms with van der Waals surface area (Å²) in [7, 11) is 1.21. The van der Waals surface area contributed by atoms with Crippen molar-refractivity contribution in [1.29, 1.82) is 0 Å². The molecule has 0 aromatic carbocycles. The molecule has 2 amide bonds. The first-order valence-corrected chi connectivity index (χ1v) is 4.60. The van der Waals surface area contributed by atoms with Crippen LogP contribution >= 0.6 is 0 Å². The molecule has 1 rings (SSSR count). The number of aromatic nitrogens is 1. The zero-order valence-electron chi connectivity index (χ0n) is 9.48. The first-order chi connectivity index (χ1) is 8.38. The Morgan fingerprint density at radius 1 is 1.56 bits per heavy atom. The topological polar surface area (TPSA) is 123 Å². The van der Waals surface area contributed by atoms with Gasteiger partial charge in [0.2, 0.25) is 11.8 Å². The minimum Gasteiger partial charge on any atom is -0.479 e. The monoisotopic (exact) mass is 255 g/mol. The molecule has 0 fully saturated rings. The van der Waals surface area contributed by atoms with Gasteiger partial charge >= 0.3 is 6.09 Å². The number of imide groups is 1. The molecule has 96 valence electrons. The predicted octanol–water partition coefficient (Wildman–Crippen LogP) is 1.03. The molecule has 0 spiro atoms. The minimum atomic E-state index is -1.58. The molecule has 1 heterocycles. The van der Waals surface area contributed by atoms with E-state index in [0.717, 1.165) is 19.2 Å². The molecule has 1 aromatic rings. The number of hydrogen-bond donors (Lipinski definition) is 1. The van der Waals surface area contributed by atoms with Crippen LogP contribution in [0.1, 0.15) is 6.92 Å². The van der Waals surface area contributed by atoms with Gasteiger partial charge in [-0.25, -0.2) is 14.7 Å². The van der Waals surface area contributed by atoms with Crippen molar-refractivity contribution in [3.05, 3.63) is 22.4 Å².